The van der Waals surface area contributed by atoms with E-state index in [2.05, 4.69) is 10.3 Å². The average molecular weight is 343 g/mol. The lowest BCUT2D eigenvalue weighted by atomic mass is 10.1. The minimum atomic E-state index is -2.58. The molecule has 0 spiro atoms. The van der Waals surface area contributed by atoms with Gasteiger partial charge in [0.25, 0.3) is 0 Å². The summed E-state index contributed by atoms with van der Waals surface area (Å²) in [5, 5.41) is 3.21. The third kappa shape index (κ3) is 3.73. The average Bonchev–Trinajstić information content (AvgIpc) is 3.04. The van der Waals surface area contributed by atoms with Crippen molar-refractivity contribution in [3.05, 3.63) is 18.2 Å². The summed E-state index contributed by atoms with van der Waals surface area (Å²) in [5.74, 6) is 0.400. The standard InChI is InChI=1S/C15H23F2N5O2/c1-11-13(19-3-9-24-11)14(23)21-7-5-20(6-8-21)10-12-18-2-4-22(12)15(16)17/h2,4,11,13,15,19H,3,5-10H2,1H3/t11-,13+/m1/s1. The van der Waals surface area contributed by atoms with E-state index in [9.17, 15) is 13.6 Å². The molecule has 1 aromatic rings. The number of imidazole rings is 1. The fourth-order valence-electron chi connectivity index (χ4n) is 3.18. The molecule has 24 heavy (non-hydrogen) atoms. The van der Waals surface area contributed by atoms with Gasteiger partial charge in [0.2, 0.25) is 5.91 Å². The van der Waals surface area contributed by atoms with Crippen molar-refractivity contribution in [1.29, 1.82) is 0 Å². The van der Waals surface area contributed by atoms with Crippen LogP contribution < -0.4 is 5.32 Å². The number of nitrogens with zero attached hydrogens (tertiary/aromatic N) is 4. The molecule has 1 N–H and O–H groups in total. The van der Waals surface area contributed by atoms with Crippen LogP contribution in [0.1, 0.15) is 19.3 Å². The summed E-state index contributed by atoms with van der Waals surface area (Å²) in [6.07, 6.45) is 2.54. The maximum absolute atomic E-state index is 12.9. The third-order valence-electron chi connectivity index (χ3n) is 4.59. The van der Waals surface area contributed by atoms with Crippen molar-refractivity contribution in [2.45, 2.75) is 32.2 Å². The van der Waals surface area contributed by atoms with Gasteiger partial charge in [-0.3, -0.25) is 14.3 Å². The third-order valence-corrected chi connectivity index (χ3v) is 4.59. The van der Waals surface area contributed by atoms with Crippen molar-refractivity contribution in [3.63, 3.8) is 0 Å². The number of halogens is 2. The van der Waals surface area contributed by atoms with Crippen LogP contribution in [0.25, 0.3) is 0 Å². The lowest BCUT2D eigenvalue weighted by Gasteiger charge is -2.38. The maximum Gasteiger partial charge on any atom is 0.319 e. The lowest BCUT2D eigenvalue weighted by molar-refractivity contribution is -0.141. The van der Waals surface area contributed by atoms with E-state index < -0.39 is 6.55 Å². The van der Waals surface area contributed by atoms with Crippen molar-refractivity contribution in [2.24, 2.45) is 0 Å². The molecule has 3 rings (SSSR count). The predicted molar refractivity (Wildman–Crippen MR) is 82.5 cm³/mol. The number of ether oxygens (including phenoxy) is 1. The van der Waals surface area contributed by atoms with Crippen LogP contribution in [0.3, 0.4) is 0 Å². The van der Waals surface area contributed by atoms with Crippen molar-refractivity contribution in [1.82, 2.24) is 24.7 Å². The summed E-state index contributed by atoms with van der Waals surface area (Å²) in [4.78, 5) is 20.4. The Morgan fingerprint density at radius 1 is 1.42 bits per heavy atom. The summed E-state index contributed by atoms with van der Waals surface area (Å²) in [5.41, 5.74) is 0. The van der Waals surface area contributed by atoms with E-state index in [0.29, 0.717) is 51.7 Å². The van der Waals surface area contributed by atoms with Gasteiger partial charge in [0.1, 0.15) is 11.9 Å². The Bertz CT molecular complexity index is 560. The van der Waals surface area contributed by atoms with Crippen molar-refractivity contribution < 1.29 is 18.3 Å². The van der Waals surface area contributed by atoms with Crippen LogP contribution in [-0.2, 0) is 16.1 Å². The predicted octanol–water partition coefficient (Wildman–Crippen LogP) is 0.299. The SMILES string of the molecule is C[C@H]1OCCN[C@@H]1C(=O)N1CCN(Cc2nccn2C(F)F)CC1. The molecule has 0 aromatic carbocycles. The second-order valence-corrected chi connectivity index (χ2v) is 6.14. The molecule has 2 atom stereocenters. The monoisotopic (exact) mass is 343 g/mol. The zero-order chi connectivity index (χ0) is 17.1. The van der Waals surface area contributed by atoms with E-state index in [1.54, 1.807) is 0 Å². The molecule has 0 unspecified atom stereocenters. The number of hydrogen-bond acceptors (Lipinski definition) is 5. The number of piperazine rings is 1. The van der Waals surface area contributed by atoms with Crippen molar-refractivity contribution in [3.8, 4) is 0 Å². The van der Waals surface area contributed by atoms with Gasteiger partial charge < -0.3 is 15.0 Å². The fraction of sp³-hybridized carbons (Fsp3) is 0.733. The topological polar surface area (TPSA) is 62.6 Å². The first-order valence-electron chi connectivity index (χ1n) is 8.22. The van der Waals surface area contributed by atoms with Crippen LogP contribution in [0, 0.1) is 0 Å². The molecule has 2 fully saturated rings. The van der Waals surface area contributed by atoms with Crippen molar-refractivity contribution in [2.75, 3.05) is 39.3 Å². The Morgan fingerprint density at radius 2 is 2.17 bits per heavy atom. The molecule has 2 aliphatic rings. The van der Waals surface area contributed by atoms with Crippen LogP contribution in [-0.4, -0.2) is 76.7 Å². The molecule has 0 bridgehead atoms. The van der Waals surface area contributed by atoms with E-state index in [0.717, 1.165) is 4.57 Å². The van der Waals surface area contributed by atoms with Crippen molar-refractivity contribution >= 4 is 5.91 Å². The van der Waals surface area contributed by atoms with Gasteiger partial charge >= 0.3 is 6.55 Å². The molecule has 2 aliphatic heterocycles. The number of aromatic nitrogens is 2. The Balaban J connectivity index is 1.52. The highest BCUT2D eigenvalue weighted by atomic mass is 19.3. The quantitative estimate of drug-likeness (QED) is 0.852. The Hall–Kier alpha value is -1.58. The molecular weight excluding hydrogens is 320 g/mol. The smallest absolute Gasteiger partial charge is 0.319 e. The molecule has 7 nitrogen and oxygen atoms in total. The zero-order valence-corrected chi connectivity index (χ0v) is 13.7. The van der Waals surface area contributed by atoms with Crippen LogP contribution in [0.4, 0.5) is 8.78 Å². The Labute approximate surface area is 139 Å². The molecule has 1 aromatic heterocycles. The minimum Gasteiger partial charge on any atom is -0.375 e. The minimum absolute atomic E-state index is 0.0518. The van der Waals surface area contributed by atoms with Gasteiger partial charge in [-0.2, -0.15) is 8.78 Å². The number of amides is 1. The van der Waals surface area contributed by atoms with Crippen LogP contribution in [0.5, 0.6) is 0 Å². The molecule has 0 radical (unpaired) electrons. The summed E-state index contributed by atoms with van der Waals surface area (Å²) in [6, 6.07) is -0.303. The number of hydrogen-bond donors (Lipinski definition) is 1. The zero-order valence-electron chi connectivity index (χ0n) is 13.7. The molecule has 1 amide bonds. The van der Waals surface area contributed by atoms with Gasteiger partial charge in [-0.05, 0) is 6.92 Å². The Kier molecular flexibility index (Phi) is 5.42. The highest BCUT2D eigenvalue weighted by molar-refractivity contribution is 5.82. The van der Waals surface area contributed by atoms with Crippen LogP contribution in [0.2, 0.25) is 0 Å². The summed E-state index contributed by atoms with van der Waals surface area (Å²) >= 11 is 0. The number of alkyl halides is 2. The molecule has 9 heteroatoms. The first-order chi connectivity index (χ1) is 11.6. The van der Waals surface area contributed by atoms with Gasteiger partial charge in [0.15, 0.2) is 0 Å². The first-order valence-corrected chi connectivity index (χ1v) is 8.22. The summed E-state index contributed by atoms with van der Waals surface area (Å²) in [7, 11) is 0. The van der Waals surface area contributed by atoms with Gasteiger partial charge in [0, 0.05) is 45.1 Å². The van der Waals surface area contributed by atoms with E-state index >= 15 is 0 Å². The highest BCUT2D eigenvalue weighted by Gasteiger charge is 2.33. The molecular formula is C15H23F2N5O2. The van der Waals surface area contributed by atoms with E-state index in [4.69, 9.17) is 4.74 Å². The van der Waals surface area contributed by atoms with Gasteiger partial charge in [-0.25, -0.2) is 4.98 Å². The van der Waals surface area contributed by atoms with E-state index in [1.807, 2.05) is 16.7 Å². The fourth-order valence-corrected chi connectivity index (χ4v) is 3.18. The number of carbonyl (C=O) groups excluding carboxylic acids is 1. The number of morpholine rings is 1. The first kappa shape index (κ1) is 17.2. The van der Waals surface area contributed by atoms with E-state index in [1.165, 1.54) is 12.4 Å². The van der Waals surface area contributed by atoms with E-state index in [-0.39, 0.29) is 18.1 Å². The van der Waals surface area contributed by atoms with Crippen LogP contribution >= 0.6 is 0 Å². The maximum atomic E-state index is 12.9. The number of carbonyl (C=O) groups is 1. The second-order valence-electron chi connectivity index (χ2n) is 6.14. The van der Waals surface area contributed by atoms with Gasteiger partial charge in [0.05, 0.1) is 19.3 Å². The summed E-state index contributed by atoms with van der Waals surface area (Å²) in [6.45, 7) is 3.43. The second kappa shape index (κ2) is 7.54. The molecule has 134 valence electrons. The van der Waals surface area contributed by atoms with Crippen LogP contribution in [0.15, 0.2) is 12.4 Å². The molecule has 2 saturated heterocycles. The molecule has 3 heterocycles. The van der Waals surface area contributed by atoms with Gasteiger partial charge in [-0.15, -0.1) is 0 Å². The highest BCUT2D eigenvalue weighted by Crippen LogP contribution is 2.16. The number of rotatable bonds is 4. The molecule has 0 aliphatic carbocycles. The number of nitrogens with one attached hydrogen (secondary N) is 1. The lowest BCUT2D eigenvalue weighted by Crippen LogP contribution is -2.59. The summed E-state index contributed by atoms with van der Waals surface area (Å²) < 4.78 is 32.1. The normalized spacial score (nSPS) is 26.1. The molecule has 0 saturated carbocycles. The largest absolute Gasteiger partial charge is 0.375 e. The van der Waals surface area contributed by atoms with Gasteiger partial charge in [-0.1, -0.05) is 0 Å². The Morgan fingerprint density at radius 3 is 2.83 bits per heavy atom.